The molecule has 3 aromatic rings. The predicted octanol–water partition coefficient (Wildman–Crippen LogP) is 3.19. The Morgan fingerprint density at radius 1 is 1.25 bits per heavy atom. The largest absolute Gasteiger partial charge is 0.341 e. The fourth-order valence-corrected chi connectivity index (χ4v) is 3.18. The van der Waals surface area contributed by atoms with Crippen LogP contribution in [0.15, 0.2) is 48.7 Å². The Hall–Kier alpha value is -2.34. The summed E-state index contributed by atoms with van der Waals surface area (Å²) in [6, 6.07) is 13.2. The van der Waals surface area contributed by atoms with Gasteiger partial charge in [0.05, 0.1) is 17.1 Å². The highest BCUT2D eigenvalue weighted by atomic mass is 32.2. The lowest BCUT2D eigenvalue weighted by Crippen LogP contribution is -2.31. The van der Waals surface area contributed by atoms with Crippen molar-refractivity contribution in [2.24, 2.45) is 7.05 Å². The van der Waals surface area contributed by atoms with E-state index in [4.69, 9.17) is 4.98 Å². The van der Waals surface area contributed by atoms with Gasteiger partial charge in [0.2, 0.25) is 0 Å². The number of aryl methyl sites for hydroxylation is 1. The van der Waals surface area contributed by atoms with Crippen LogP contribution in [0.1, 0.15) is 28.8 Å². The standard InChI is InChI=1S/C18H20N4OS/c1-22-16-9-4-3-7-13(16)20-17(22)14(10-12-24-2)21-18(23)15-8-5-6-11-19-15/h3-9,11,14H,10,12H2,1-2H3,(H,21,23). The summed E-state index contributed by atoms with van der Waals surface area (Å²) in [6.45, 7) is 0. The second kappa shape index (κ2) is 7.49. The van der Waals surface area contributed by atoms with E-state index in [2.05, 4.69) is 21.1 Å². The first-order chi connectivity index (χ1) is 11.7. The zero-order valence-electron chi connectivity index (χ0n) is 13.8. The maximum atomic E-state index is 12.5. The van der Waals surface area contributed by atoms with E-state index >= 15 is 0 Å². The molecule has 0 aliphatic carbocycles. The van der Waals surface area contributed by atoms with Crippen LogP contribution in [0.5, 0.6) is 0 Å². The van der Waals surface area contributed by atoms with E-state index in [0.717, 1.165) is 29.0 Å². The quantitative estimate of drug-likeness (QED) is 0.749. The SMILES string of the molecule is CSCCC(NC(=O)c1ccccn1)c1nc2ccccc2n1C. The Kier molecular flexibility index (Phi) is 5.15. The Morgan fingerprint density at radius 3 is 2.75 bits per heavy atom. The molecular formula is C18H20N4OS. The van der Waals surface area contributed by atoms with Crippen molar-refractivity contribution in [1.82, 2.24) is 19.9 Å². The number of hydrogen-bond donors (Lipinski definition) is 1. The number of thioether (sulfide) groups is 1. The van der Waals surface area contributed by atoms with Gasteiger partial charge in [-0.2, -0.15) is 11.8 Å². The number of nitrogens with one attached hydrogen (secondary N) is 1. The van der Waals surface area contributed by atoms with Gasteiger partial charge >= 0.3 is 0 Å². The number of carbonyl (C=O) groups excluding carboxylic acids is 1. The zero-order valence-corrected chi connectivity index (χ0v) is 14.6. The highest BCUT2D eigenvalue weighted by Crippen LogP contribution is 2.23. The maximum Gasteiger partial charge on any atom is 0.270 e. The van der Waals surface area contributed by atoms with E-state index in [-0.39, 0.29) is 11.9 Å². The molecule has 0 saturated carbocycles. The highest BCUT2D eigenvalue weighted by Gasteiger charge is 2.21. The summed E-state index contributed by atoms with van der Waals surface area (Å²) in [5.74, 6) is 1.64. The van der Waals surface area contributed by atoms with Crippen LogP contribution in [0.4, 0.5) is 0 Å². The van der Waals surface area contributed by atoms with Crippen LogP contribution in [-0.4, -0.2) is 32.5 Å². The fourth-order valence-electron chi connectivity index (χ4n) is 2.71. The molecule has 0 fully saturated rings. The minimum atomic E-state index is -0.172. The van der Waals surface area contributed by atoms with Gasteiger partial charge in [0.1, 0.15) is 11.5 Å². The first kappa shape index (κ1) is 16.5. The number of para-hydroxylation sites is 2. The molecule has 5 nitrogen and oxygen atoms in total. The fraction of sp³-hybridized carbons (Fsp3) is 0.278. The molecular weight excluding hydrogens is 320 g/mol. The third kappa shape index (κ3) is 3.43. The summed E-state index contributed by atoms with van der Waals surface area (Å²) in [4.78, 5) is 21.4. The number of rotatable bonds is 6. The topological polar surface area (TPSA) is 59.8 Å². The summed E-state index contributed by atoms with van der Waals surface area (Å²) < 4.78 is 2.05. The first-order valence-electron chi connectivity index (χ1n) is 7.83. The zero-order chi connectivity index (χ0) is 16.9. The molecule has 3 rings (SSSR count). The molecule has 0 aliphatic heterocycles. The van der Waals surface area contributed by atoms with Crippen molar-refractivity contribution in [1.29, 1.82) is 0 Å². The van der Waals surface area contributed by atoms with Crippen molar-refractivity contribution >= 4 is 28.7 Å². The summed E-state index contributed by atoms with van der Waals surface area (Å²) >= 11 is 1.76. The number of fused-ring (bicyclic) bond motifs is 1. The van der Waals surface area contributed by atoms with Crippen LogP contribution in [0.3, 0.4) is 0 Å². The second-order valence-electron chi connectivity index (χ2n) is 5.54. The van der Waals surface area contributed by atoms with Crippen molar-refractivity contribution in [3.05, 3.63) is 60.2 Å². The molecule has 0 saturated heterocycles. The van der Waals surface area contributed by atoms with Crippen LogP contribution in [-0.2, 0) is 7.05 Å². The lowest BCUT2D eigenvalue weighted by Gasteiger charge is -2.18. The first-order valence-corrected chi connectivity index (χ1v) is 9.22. The van der Waals surface area contributed by atoms with E-state index in [0.29, 0.717) is 5.69 Å². The van der Waals surface area contributed by atoms with Crippen LogP contribution < -0.4 is 5.32 Å². The smallest absolute Gasteiger partial charge is 0.270 e. The van der Waals surface area contributed by atoms with Gasteiger partial charge in [0, 0.05) is 13.2 Å². The number of imidazole rings is 1. The van der Waals surface area contributed by atoms with Gasteiger partial charge in [0.25, 0.3) is 5.91 Å². The van der Waals surface area contributed by atoms with Crippen LogP contribution in [0.25, 0.3) is 11.0 Å². The average Bonchev–Trinajstić information content (AvgIpc) is 2.96. The third-order valence-corrected chi connectivity index (χ3v) is 4.59. The second-order valence-corrected chi connectivity index (χ2v) is 6.53. The number of benzene rings is 1. The average molecular weight is 340 g/mol. The molecule has 124 valence electrons. The van der Waals surface area contributed by atoms with Crippen LogP contribution in [0, 0.1) is 0 Å². The van der Waals surface area contributed by atoms with Gasteiger partial charge in [-0.05, 0) is 42.7 Å². The molecule has 1 unspecified atom stereocenters. The van der Waals surface area contributed by atoms with Crippen molar-refractivity contribution in [2.75, 3.05) is 12.0 Å². The number of amides is 1. The molecule has 2 aromatic heterocycles. The summed E-state index contributed by atoms with van der Waals surface area (Å²) in [7, 11) is 1.99. The molecule has 0 spiro atoms. The summed E-state index contributed by atoms with van der Waals surface area (Å²) in [6.07, 6.45) is 4.50. The molecule has 1 amide bonds. The lowest BCUT2D eigenvalue weighted by atomic mass is 10.2. The molecule has 1 atom stereocenters. The number of aromatic nitrogens is 3. The van der Waals surface area contributed by atoms with Crippen molar-refractivity contribution < 1.29 is 4.79 Å². The Balaban J connectivity index is 1.90. The van der Waals surface area contributed by atoms with Crippen molar-refractivity contribution in [3.8, 4) is 0 Å². The molecule has 2 heterocycles. The maximum absolute atomic E-state index is 12.5. The number of pyridine rings is 1. The molecule has 1 N–H and O–H groups in total. The molecule has 0 aliphatic rings. The van der Waals surface area contributed by atoms with Crippen LogP contribution in [0.2, 0.25) is 0 Å². The van der Waals surface area contributed by atoms with Gasteiger partial charge < -0.3 is 9.88 Å². The number of hydrogen-bond acceptors (Lipinski definition) is 4. The van der Waals surface area contributed by atoms with Gasteiger partial charge in [-0.1, -0.05) is 18.2 Å². The van der Waals surface area contributed by atoms with E-state index in [1.807, 2.05) is 37.4 Å². The van der Waals surface area contributed by atoms with Crippen LogP contribution >= 0.6 is 11.8 Å². The molecule has 1 aromatic carbocycles. The molecule has 24 heavy (non-hydrogen) atoms. The van der Waals surface area contributed by atoms with Gasteiger partial charge in [-0.3, -0.25) is 9.78 Å². The van der Waals surface area contributed by atoms with E-state index in [9.17, 15) is 4.79 Å². The summed E-state index contributed by atoms with van der Waals surface area (Å²) in [5.41, 5.74) is 2.43. The number of nitrogens with zero attached hydrogens (tertiary/aromatic N) is 3. The number of carbonyl (C=O) groups is 1. The molecule has 6 heteroatoms. The van der Waals surface area contributed by atoms with Crippen molar-refractivity contribution in [3.63, 3.8) is 0 Å². The van der Waals surface area contributed by atoms with Crippen molar-refractivity contribution in [2.45, 2.75) is 12.5 Å². The Labute approximate surface area is 145 Å². The predicted molar refractivity (Wildman–Crippen MR) is 98.2 cm³/mol. The van der Waals surface area contributed by atoms with E-state index < -0.39 is 0 Å². The monoisotopic (exact) mass is 340 g/mol. The van der Waals surface area contributed by atoms with Gasteiger partial charge in [0.15, 0.2) is 0 Å². The third-order valence-electron chi connectivity index (χ3n) is 3.95. The Morgan fingerprint density at radius 2 is 2.04 bits per heavy atom. The minimum absolute atomic E-state index is 0.149. The van der Waals surface area contributed by atoms with E-state index in [1.165, 1.54) is 0 Å². The van der Waals surface area contributed by atoms with E-state index in [1.54, 1.807) is 30.1 Å². The molecule has 0 radical (unpaired) electrons. The molecule has 0 bridgehead atoms. The lowest BCUT2D eigenvalue weighted by molar-refractivity contribution is 0.0928. The Bertz CT molecular complexity index is 831. The summed E-state index contributed by atoms with van der Waals surface area (Å²) in [5, 5.41) is 3.09. The minimum Gasteiger partial charge on any atom is -0.341 e. The van der Waals surface area contributed by atoms with Gasteiger partial charge in [-0.15, -0.1) is 0 Å². The van der Waals surface area contributed by atoms with Gasteiger partial charge in [-0.25, -0.2) is 4.98 Å². The highest BCUT2D eigenvalue weighted by molar-refractivity contribution is 7.98. The normalized spacial score (nSPS) is 12.2.